The molecule has 0 amide bonds. The Bertz CT molecular complexity index is 1470. The number of carbonyl (C=O) groups is 1. The number of halogens is 1. The van der Waals surface area contributed by atoms with Gasteiger partial charge in [-0.25, -0.2) is 14.1 Å². The Morgan fingerprint density at radius 1 is 1.23 bits per heavy atom. The number of nitrogen functional groups attached to an aromatic ring is 1. The van der Waals surface area contributed by atoms with Gasteiger partial charge in [0.15, 0.2) is 11.6 Å². The summed E-state index contributed by atoms with van der Waals surface area (Å²) in [6.45, 7) is 5.08. The first-order valence-corrected chi connectivity index (χ1v) is 12.0. The van der Waals surface area contributed by atoms with Gasteiger partial charge in [-0.1, -0.05) is 18.0 Å². The van der Waals surface area contributed by atoms with Crippen molar-refractivity contribution in [2.45, 2.75) is 20.8 Å². The maximum absolute atomic E-state index is 13.9. The van der Waals surface area contributed by atoms with Crippen LogP contribution in [-0.4, -0.2) is 31.8 Å². The third kappa shape index (κ3) is 4.78. The molecule has 35 heavy (non-hydrogen) atoms. The predicted octanol–water partition coefficient (Wildman–Crippen LogP) is 5.72. The third-order valence-corrected chi connectivity index (χ3v) is 5.83. The molecule has 180 valence electrons. The van der Waals surface area contributed by atoms with Crippen molar-refractivity contribution in [3.63, 3.8) is 0 Å². The standard InChI is InChI=1S/C25H25FN6O2S/c1-5-18(26)22(6-2)34-23-9-14(3)21(13-28-23)32-25(27)17(12-29-32)24(33)20-10-15-7-8-16(31-35-4)11-19(15)30-20/h5-13,30-31H,27H2,1-4H3/b18-5+,22-6+. The molecule has 4 rings (SSSR count). The van der Waals surface area contributed by atoms with E-state index in [1.54, 1.807) is 26.0 Å². The normalized spacial score (nSPS) is 12.3. The van der Waals surface area contributed by atoms with E-state index in [-0.39, 0.29) is 28.8 Å². The van der Waals surface area contributed by atoms with E-state index in [4.69, 9.17) is 10.5 Å². The molecule has 0 saturated heterocycles. The number of ketones is 1. The van der Waals surface area contributed by atoms with Crippen LogP contribution in [-0.2, 0) is 0 Å². The van der Waals surface area contributed by atoms with Gasteiger partial charge in [-0.05, 0) is 56.7 Å². The molecule has 8 nitrogen and oxygen atoms in total. The number of benzene rings is 1. The second-order valence-electron chi connectivity index (χ2n) is 7.68. The van der Waals surface area contributed by atoms with E-state index in [1.807, 2.05) is 31.4 Å². The van der Waals surface area contributed by atoms with Crippen molar-refractivity contribution >= 4 is 40.1 Å². The van der Waals surface area contributed by atoms with E-state index in [2.05, 4.69) is 19.8 Å². The molecular formula is C25H25FN6O2S. The van der Waals surface area contributed by atoms with Crippen molar-refractivity contribution in [3.8, 4) is 11.6 Å². The fourth-order valence-electron chi connectivity index (χ4n) is 3.60. The fraction of sp³-hybridized carbons (Fsp3) is 0.160. The Morgan fingerprint density at radius 2 is 2.03 bits per heavy atom. The number of rotatable bonds is 8. The Labute approximate surface area is 206 Å². The maximum atomic E-state index is 13.9. The summed E-state index contributed by atoms with van der Waals surface area (Å²) in [4.78, 5) is 20.6. The van der Waals surface area contributed by atoms with E-state index in [9.17, 15) is 9.18 Å². The second-order valence-corrected chi connectivity index (χ2v) is 8.29. The first-order valence-electron chi connectivity index (χ1n) is 10.8. The highest BCUT2D eigenvalue weighted by atomic mass is 32.2. The molecule has 10 heteroatoms. The van der Waals surface area contributed by atoms with Crippen molar-refractivity contribution in [2.75, 3.05) is 16.7 Å². The number of nitrogens with zero attached hydrogens (tertiary/aromatic N) is 3. The molecule has 0 spiro atoms. The lowest BCUT2D eigenvalue weighted by Gasteiger charge is -2.11. The highest BCUT2D eigenvalue weighted by Gasteiger charge is 2.21. The number of fused-ring (bicyclic) bond motifs is 1. The molecule has 0 radical (unpaired) electrons. The van der Waals surface area contributed by atoms with Crippen LogP contribution in [0.15, 0.2) is 66.5 Å². The number of allylic oxidation sites excluding steroid dienone is 3. The molecule has 1 aromatic carbocycles. The van der Waals surface area contributed by atoms with E-state index >= 15 is 0 Å². The summed E-state index contributed by atoms with van der Waals surface area (Å²) >= 11 is 1.49. The van der Waals surface area contributed by atoms with Crippen LogP contribution in [0.4, 0.5) is 15.9 Å². The van der Waals surface area contributed by atoms with E-state index in [0.717, 1.165) is 22.2 Å². The van der Waals surface area contributed by atoms with Gasteiger partial charge in [-0.15, -0.1) is 0 Å². The average molecular weight is 493 g/mol. The van der Waals surface area contributed by atoms with Gasteiger partial charge in [0.1, 0.15) is 5.82 Å². The Hall–Kier alpha value is -4.05. The molecular weight excluding hydrogens is 467 g/mol. The minimum atomic E-state index is -0.482. The minimum Gasteiger partial charge on any atom is -0.436 e. The quantitative estimate of drug-likeness (QED) is 0.125. The number of hydrogen-bond donors (Lipinski definition) is 3. The number of H-pyrrole nitrogens is 1. The summed E-state index contributed by atoms with van der Waals surface area (Å²) in [5, 5.41) is 5.23. The largest absolute Gasteiger partial charge is 0.436 e. The predicted molar refractivity (Wildman–Crippen MR) is 139 cm³/mol. The summed E-state index contributed by atoms with van der Waals surface area (Å²) in [6, 6.07) is 9.27. The number of ether oxygens (including phenoxy) is 1. The first kappa shape index (κ1) is 24.1. The van der Waals surface area contributed by atoms with Gasteiger partial charge in [0.05, 0.1) is 29.3 Å². The van der Waals surface area contributed by atoms with Crippen molar-refractivity contribution in [2.24, 2.45) is 0 Å². The van der Waals surface area contributed by atoms with Crippen LogP contribution in [0, 0.1) is 6.92 Å². The number of nitrogens with one attached hydrogen (secondary N) is 2. The van der Waals surface area contributed by atoms with Gasteiger partial charge in [-0.2, -0.15) is 5.10 Å². The highest BCUT2D eigenvalue weighted by Crippen LogP contribution is 2.27. The number of hydrogen-bond acceptors (Lipinski definition) is 7. The zero-order chi connectivity index (χ0) is 25.1. The number of anilines is 2. The number of pyridine rings is 1. The van der Waals surface area contributed by atoms with Gasteiger partial charge in [0.25, 0.3) is 0 Å². The number of aromatic nitrogens is 4. The molecule has 0 fully saturated rings. The molecule has 0 aliphatic heterocycles. The van der Waals surface area contributed by atoms with Gasteiger partial charge in [0.2, 0.25) is 11.7 Å². The monoisotopic (exact) mass is 492 g/mol. The van der Waals surface area contributed by atoms with Gasteiger partial charge < -0.3 is 20.2 Å². The third-order valence-electron chi connectivity index (χ3n) is 5.39. The lowest BCUT2D eigenvalue weighted by atomic mass is 10.1. The summed E-state index contributed by atoms with van der Waals surface area (Å²) < 4.78 is 24.1. The number of aromatic amines is 1. The SMILES string of the molecule is C/C=C(F)\C(=C/C)Oc1cc(C)c(-n2ncc(C(=O)c3cc4ccc(NSC)cc4[nH]3)c2N)cn1. The lowest BCUT2D eigenvalue weighted by Crippen LogP contribution is -2.09. The smallest absolute Gasteiger partial charge is 0.219 e. The molecule has 4 aromatic rings. The highest BCUT2D eigenvalue weighted by molar-refractivity contribution is 7.99. The molecule has 0 atom stereocenters. The minimum absolute atomic E-state index is 0.0771. The van der Waals surface area contributed by atoms with Crippen LogP contribution in [0.3, 0.4) is 0 Å². The van der Waals surface area contributed by atoms with Crippen LogP contribution in [0.2, 0.25) is 0 Å². The Balaban J connectivity index is 1.61. The van der Waals surface area contributed by atoms with Crippen LogP contribution in [0.25, 0.3) is 16.6 Å². The van der Waals surface area contributed by atoms with E-state index < -0.39 is 5.83 Å². The lowest BCUT2D eigenvalue weighted by molar-refractivity contribution is 0.103. The van der Waals surface area contributed by atoms with Gasteiger partial charge >= 0.3 is 0 Å². The summed E-state index contributed by atoms with van der Waals surface area (Å²) in [5.41, 5.74) is 10.1. The molecule has 3 heterocycles. The molecule has 4 N–H and O–H groups in total. The zero-order valence-corrected chi connectivity index (χ0v) is 20.5. The Morgan fingerprint density at radius 3 is 2.71 bits per heavy atom. The van der Waals surface area contributed by atoms with Crippen LogP contribution < -0.4 is 15.2 Å². The summed E-state index contributed by atoms with van der Waals surface area (Å²) in [7, 11) is 0. The second kappa shape index (κ2) is 10.1. The molecule has 0 bridgehead atoms. The van der Waals surface area contributed by atoms with Crippen molar-refractivity contribution in [1.82, 2.24) is 19.7 Å². The molecule has 0 aliphatic rings. The van der Waals surface area contributed by atoms with E-state index in [0.29, 0.717) is 11.4 Å². The van der Waals surface area contributed by atoms with Crippen LogP contribution >= 0.6 is 11.9 Å². The molecule has 3 aromatic heterocycles. The van der Waals surface area contributed by atoms with Crippen LogP contribution in [0.5, 0.6) is 5.88 Å². The van der Waals surface area contributed by atoms with Gasteiger partial charge in [-0.3, -0.25) is 4.79 Å². The molecule has 0 unspecified atom stereocenters. The number of nitrogens with two attached hydrogens (primary N) is 1. The fourth-order valence-corrected chi connectivity index (χ4v) is 3.96. The topological polar surface area (TPSA) is 111 Å². The zero-order valence-electron chi connectivity index (χ0n) is 19.7. The van der Waals surface area contributed by atoms with Crippen molar-refractivity contribution in [3.05, 3.63) is 83.3 Å². The van der Waals surface area contributed by atoms with Crippen molar-refractivity contribution < 1.29 is 13.9 Å². The van der Waals surface area contributed by atoms with Crippen molar-refractivity contribution in [1.29, 1.82) is 0 Å². The summed E-state index contributed by atoms with van der Waals surface area (Å²) in [6.07, 6.45) is 7.73. The average Bonchev–Trinajstić information content (AvgIpc) is 3.45. The first-order chi connectivity index (χ1) is 16.9. The maximum Gasteiger partial charge on any atom is 0.219 e. The van der Waals surface area contributed by atoms with Gasteiger partial charge in [0, 0.05) is 28.9 Å². The molecule has 0 aliphatic carbocycles. The van der Waals surface area contributed by atoms with Crippen LogP contribution in [0.1, 0.15) is 35.5 Å². The molecule has 0 saturated carbocycles. The summed E-state index contributed by atoms with van der Waals surface area (Å²) in [5.74, 6) is -0.259. The van der Waals surface area contributed by atoms with E-state index in [1.165, 1.54) is 41.2 Å². The number of aryl methyl sites for hydroxylation is 1. The number of carbonyl (C=O) groups excluding carboxylic acids is 1. The Kier molecular flexibility index (Phi) is 6.92.